The number of para-hydroxylation sites is 1. The lowest BCUT2D eigenvalue weighted by atomic mass is 10.0. The van der Waals surface area contributed by atoms with Gasteiger partial charge >= 0.3 is 5.69 Å². The number of halogens is 1. The largest absolute Gasteiger partial charge is 0.320 e. The fourth-order valence-electron chi connectivity index (χ4n) is 3.31. The number of nitro groups is 1. The molecule has 160 valence electrons. The first-order valence-corrected chi connectivity index (χ1v) is 10.2. The molecule has 31 heavy (non-hydrogen) atoms. The van der Waals surface area contributed by atoms with Gasteiger partial charge in [-0.15, -0.1) is 0 Å². The maximum atomic E-state index is 13.3. The number of anilines is 2. The topological polar surface area (TPSA) is 79.6 Å². The van der Waals surface area contributed by atoms with Gasteiger partial charge in [0.25, 0.3) is 0 Å². The molecule has 8 heteroatoms. The second kappa shape index (κ2) is 10.1. The van der Waals surface area contributed by atoms with Gasteiger partial charge in [-0.25, -0.2) is 4.98 Å². The molecular weight excluding hydrogens is 416 g/mol. The molecule has 3 aromatic rings. The molecule has 0 aliphatic heterocycles. The average Bonchev–Trinajstić information content (AvgIpc) is 2.76. The van der Waals surface area contributed by atoms with Crippen LogP contribution in [0.15, 0.2) is 66.9 Å². The van der Waals surface area contributed by atoms with E-state index >= 15 is 0 Å². The Labute approximate surface area is 186 Å². The van der Waals surface area contributed by atoms with Crippen molar-refractivity contribution in [2.45, 2.75) is 6.42 Å². The second-order valence-corrected chi connectivity index (χ2v) is 7.70. The number of benzene rings is 2. The van der Waals surface area contributed by atoms with Crippen molar-refractivity contribution >= 4 is 34.6 Å². The quantitative estimate of drug-likeness (QED) is 0.267. The van der Waals surface area contributed by atoms with Gasteiger partial charge in [-0.3, -0.25) is 14.9 Å². The lowest BCUT2D eigenvalue weighted by molar-refractivity contribution is -0.384. The Kier molecular flexibility index (Phi) is 7.33. The fraction of sp³-hybridized carbons (Fsp3) is 0.217. The minimum absolute atomic E-state index is 0.114. The van der Waals surface area contributed by atoms with Crippen LogP contribution in [0, 0.1) is 10.1 Å². The molecule has 0 unspecified atom stereocenters. The van der Waals surface area contributed by atoms with Gasteiger partial charge in [-0.05, 0) is 57.4 Å². The molecule has 0 amide bonds. The lowest BCUT2D eigenvalue weighted by Crippen LogP contribution is -2.26. The van der Waals surface area contributed by atoms with Crippen molar-refractivity contribution in [2.75, 3.05) is 32.1 Å². The predicted molar refractivity (Wildman–Crippen MR) is 122 cm³/mol. The molecule has 0 aliphatic carbocycles. The van der Waals surface area contributed by atoms with Crippen LogP contribution in [0.1, 0.15) is 22.3 Å². The molecule has 0 atom stereocenters. The van der Waals surface area contributed by atoms with E-state index in [4.69, 9.17) is 11.6 Å². The minimum Gasteiger partial charge on any atom is -0.320 e. The Morgan fingerprint density at radius 3 is 2.55 bits per heavy atom. The third-order valence-corrected chi connectivity index (χ3v) is 4.97. The van der Waals surface area contributed by atoms with Crippen molar-refractivity contribution in [3.63, 3.8) is 0 Å². The van der Waals surface area contributed by atoms with Gasteiger partial charge < -0.3 is 9.80 Å². The van der Waals surface area contributed by atoms with E-state index < -0.39 is 4.92 Å². The molecule has 2 aromatic carbocycles. The van der Waals surface area contributed by atoms with Crippen LogP contribution in [-0.4, -0.2) is 47.8 Å². The zero-order valence-corrected chi connectivity index (χ0v) is 18.1. The van der Waals surface area contributed by atoms with Crippen LogP contribution in [0.3, 0.4) is 0 Å². The molecule has 3 rings (SSSR count). The Hall–Kier alpha value is -3.29. The highest BCUT2D eigenvalue weighted by Crippen LogP contribution is 2.34. The summed E-state index contributed by atoms with van der Waals surface area (Å²) in [6.45, 7) is 1.23. The van der Waals surface area contributed by atoms with Crippen molar-refractivity contribution in [3.05, 3.63) is 93.1 Å². The lowest BCUT2D eigenvalue weighted by Gasteiger charge is -2.26. The first-order valence-electron chi connectivity index (χ1n) is 9.79. The summed E-state index contributed by atoms with van der Waals surface area (Å²) in [7, 11) is 3.92. The van der Waals surface area contributed by atoms with E-state index in [1.54, 1.807) is 53.4 Å². The molecule has 0 saturated heterocycles. The van der Waals surface area contributed by atoms with E-state index in [9.17, 15) is 14.9 Å². The van der Waals surface area contributed by atoms with Crippen LogP contribution in [0.4, 0.5) is 17.2 Å². The predicted octanol–water partition coefficient (Wildman–Crippen LogP) is 4.96. The van der Waals surface area contributed by atoms with Crippen LogP contribution in [0.2, 0.25) is 5.02 Å². The standard InChI is InChI=1S/C23H23ClN4O3/c1-26(2)14-7-15-27(23-21(28(30)31)12-6-13-25-23)20-11-4-3-10-19(20)22(29)17-8-5-9-18(24)16-17/h3-6,8-13,16H,7,14-15H2,1-2H3. The molecular formula is C23H23ClN4O3. The summed E-state index contributed by atoms with van der Waals surface area (Å²) in [4.78, 5) is 32.6. The van der Waals surface area contributed by atoms with Crippen molar-refractivity contribution in [2.24, 2.45) is 0 Å². The summed E-state index contributed by atoms with van der Waals surface area (Å²) in [6, 6.07) is 16.8. The van der Waals surface area contributed by atoms with Crippen LogP contribution in [0.25, 0.3) is 0 Å². The summed E-state index contributed by atoms with van der Waals surface area (Å²) in [5.74, 6) is -0.00751. The molecule has 0 N–H and O–H groups in total. The molecule has 0 bridgehead atoms. The van der Waals surface area contributed by atoms with E-state index in [0.29, 0.717) is 28.4 Å². The second-order valence-electron chi connectivity index (χ2n) is 7.27. The number of rotatable bonds is 9. The van der Waals surface area contributed by atoms with Crippen molar-refractivity contribution in [1.82, 2.24) is 9.88 Å². The van der Waals surface area contributed by atoms with Crippen LogP contribution in [0.5, 0.6) is 0 Å². The first-order chi connectivity index (χ1) is 14.9. The summed E-state index contributed by atoms with van der Waals surface area (Å²) < 4.78 is 0. The Bertz CT molecular complexity index is 1090. The number of hydrogen-bond donors (Lipinski definition) is 0. The van der Waals surface area contributed by atoms with Gasteiger partial charge in [0.15, 0.2) is 5.78 Å². The van der Waals surface area contributed by atoms with Crippen LogP contribution in [-0.2, 0) is 0 Å². The van der Waals surface area contributed by atoms with E-state index in [-0.39, 0.29) is 17.3 Å². The van der Waals surface area contributed by atoms with E-state index in [1.165, 1.54) is 18.3 Å². The van der Waals surface area contributed by atoms with Gasteiger partial charge in [0.1, 0.15) is 0 Å². The minimum atomic E-state index is -0.456. The van der Waals surface area contributed by atoms with Crippen molar-refractivity contribution in [3.8, 4) is 0 Å². The molecule has 7 nitrogen and oxygen atoms in total. The monoisotopic (exact) mass is 438 g/mol. The molecule has 0 aliphatic rings. The van der Waals surface area contributed by atoms with Gasteiger partial charge in [0.05, 0.1) is 10.6 Å². The summed E-state index contributed by atoms with van der Waals surface area (Å²) in [5, 5.41) is 12.1. The van der Waals surface area contributed by atoms with Gasteiger partial charge in [0.2, 0.25) is 5.82 Å². The maximum absolute atomic E-state index is 13.3. The third-order valence-electron chi connectivity index (χ3n) is 4.73. The molecule has 1 heterocycles. The fourth-order valence-corrected chi connectivity index (χ4v) is 3.50. The zero-order valence-electron chi connectivity index (χ0n) is 17.4. The summed E-state index contributed by atoms with van der Waals surface area (Å²) >= 11 is 6.08. The number of nitrogens with zero attached hydrogens (tertiary/aromatic N) is 4. The smallest absolute Gasteiger partial charge is 0.311 e. The van der Waals surface area contributed by atoms with Gasteiger partial charge in [-0.2, -0.15) is 0 Å². The summed E-state index contributed by atoms with van der Waals surface area (Å²) in [5.41, 5.74) is 1.32. The number of carbonyl (C=O) groups is 1. The van der Waals surface area contributed by atoms with E-state index in [1.807, 2.05) is 19.0 Å². The molecule has 0 saturated carbocycles. The Morgan fingerprint density at radius 2 is 1.84 bits per heavy atom. The highest BCUT2D eigenvalue weighted by atomic mass is 35.5. The number of pyridine rings is 1. The average molecular weight is 439 g/mol. The van der Waals surface area contributed by atoms with Crippen LogP contribution < -0.4 is 4.90 Å². The highest BCUT2D eigenvalue weighted by Gasteiger charge is 2.25. The molecule has 0 fully saturated rings. The van der Waals surface area contributed by atoms with Gasteiger partial charge in [0, 0.05) is 35.0 Å². The van der Waals surface area contributed by atoms with Gasteiger partial charge in [-0.1, -0.05) is 35.9 Å². The van der Waals surface area contributed by atoms with E-state index in [2.05, 4.69) is 4.98 Å². The van der Waals surface area contributed by atoms with Crippen molar-refractivity contribution < 1.29 is 9.72 Å². The molecule has 0 radical (unpaired) electrons. The first kappa shape index (κ1) is 22.4. The third kappa shape index (κ3) is 5.45. The zero-order chi connectivity index (χ0) is 22.4. The van der Waals surface area contributed by atoms with E-state index in [0.717, 1.165) is 13.0 Å². The highest BCUT2D eigenvalue weighted by molar-refractivity contribution is 6.31. The normalized spacial score (nSPS) is 10.8. The SMILES string of the molecule is CN(C)CCCN(c1ccccc1C(=O)c1cccc(Cl)c1)c1ncccc1[N+](=O)[O-]. The van der Waals surface area contributed by atoms with Crippen LogP contribution >= 0.6 is 11.6 Å². The maximum Gasteiger partial charge on any atom is 0.311 e. The Balaban J connectivity index is 2.10. The number of aromatic nitrogens is 1. The number of hydrogen-bond acceptors (Lipinski definition) is 6. The molecule has 0 spiro atoms. The molecule has 1 aromatic heterocycles. The Morgan fingerprint density at radius 1 is 1.06 bits per heavy atom. The summed E-state index contributed by atoms with van der Waals surface area (Å²) in [6.07, 6.45) is 2.24. The number of ketones is 1. The number of carbonyl (C=O) groups excluding carboxylic acids is 1. The van der Waals surface area contributed by atoms with Crippen molar-refractivity contribution in [1.29, 1.82) is 0 Å².